The minimum atomic E-state index is -3.20. The van der Waals surface area contributed by atoms with Gasteiger partial charge in [0.15, 0.2) is 0 Å². The zero-order valence-corrected chi connectivity index (χ0v) is 15.1. The van der Waals surface area contributed by atoms with Crippen molar-refractivity contribution < 1.29 is 17.9 Å². The monoisotopic (exact) mass is 352 g/mol. The van der Waals surface area contributed by atoms with E-state index in [1.54, 1.807) is 24.2 Å². The summed E-state index contributed by atoms with van der Waals surface area (Å²) in [6.07, 6.45) is 5.71. The van der Waals surface area contributed by atoms with Gasteiger partial charge in [0.25, 0.3) is 0 Å². The molecule has 0 saturated carbocycles. The van der Waals surface area contributed by atoms with E-state index < -0.39 is 10.0 Å². The van der Waals surface area contributed by atoms with E-state index in [4.69, 9.17) is 4.74 Å². The first-order chi connectivity index (χ1) is 11.3. The van der Waals surface area contributed by atoms with Gasteiger partial charge in [0.05, 0.1) is 13.4 Å². The topological polar surface area (TPSA) is 75.7 Å². The highest BCUT2D eigenvalue weighted by Gasteiger charge is 2.23. The summed E-state index contributed by atoms with van der Waals surface area (Å²) in [4.78, 5) is 14.0. The van der Waals surface area contributed by atoms with Gasteiger partial charge in [0, 0.05) is 30.8 Å². The molecule has 1 aromatic carbocycles. The molecule has 1 fully saturated rings. The summed E-state index contributed by atoms with van der Waals surface area (Å²) in [5.74, 6) is 0.650. The molecule has 0 radical (unpaired) electrons. The van der Waals surface area contributed by atoms with Crippen molar-refractivity contribution >= 4 is 22.0 Å². The van der Waals surface area contributed by atoms with Gasteiger partial charge in [-0.25, -0.2) is 13.1 Å². The van der Waals surface area contributed by atoms with E-state index in [9.17, 15) is 13.2 Å². The molecule has 6 nitrogen and oxygen atoms in total. The second-order valence-electron chi connectivity index (χ2n) is 6.07. The zero-order valence-electron chi connectivity index (χ0n) is 14.3. The fraction of sp³-hybridized carbons (Fsp3) is 0.471. The van der Waals surface area contributed by atoms with Crippen molar-refractivity contribution in [2.24, 2.45) is 0 Å². The highest BCUT2D eigenvalue weighted by atomic mass is 32.2. The van der Waals surface area contributed by atoms with Crippen LogP contribution in [0.2, 0.25) is 0 Å². The number of hydrogen-bond acceptors (Lipinski definition) is 4. The summed E-state index contributed by atoms with van der Waals surface area (Å²) in [5, 5.41) is 0. The largest absolute Gasteiger partial charge is 0.496 e. The van der Waals surface area contributed by atoms with Gasteiger partial charge in [-0.05, 0) is 38.0 Å². The third kappa shape index (κ3) is 5.35. The number of carbonyl (C=O) groups excluding carboxylic acids is 1. The lowest BCUT2D eigenvalue weighted by Crippen LogP contribution is -2.45. The minimum absolute atomic E-state index is 0.0728. The van der Waals surface area contributed by atoms with E-state index in [0.717, 1.165) is 23.1 Å². The Morgan fingerprint density at radius 1 is 1.33 bits per heavy atom. The van der Waals surface area contributed by atoms with Crippen LogP contribution in [0.25, 0.3) is 6.08 Å². The number of likely N-dealkylation sites (tertiary alicyclic amines) is 1. The number of piperidine rings is 1. The molecule has 1 amide bonds. The van der Waals surface area contributed by atoms with Crippen LogP contribution in [0.3, 0.4) is 0 Å². The number of benzene rings is 1. The second-order valence-corrected chi connectivity index (χ2v) is 7.85. The first-order valence-corrected chi connectivity index (χ1v) is 9.76. The molecule has 1 saturated heterocycles. The molecule has 24 heavy (non-hydrogen) atoms. The fourth-order valence-corrected chi connectivity index (χ4v) is 3.61. The van der Waals surface area contributed by atoms with Gasteiger partial charge in [0.1, 0.15) is 5.75 Å². The summed E-state index contributed by atoms with van der Waals surface area (Å²) < 4.78 is 30.4. The lowest BCUT2D eigenvalue weighted by molar-refractivity contribution is -0.126. The maximum Gasteiger partial charge on any atom is 0.246 e. The number of nitrogens with zero attached hydrogens (tertiary/aromatic N) is 1. The van der Waals surface area contributed by atoms with E-state index in [0.29, 0.717) is 25.9 Å². The molecule has 7 heteroatoms. The highest BCUT2D eigenvalue weighted by molar-refractivity contribution is 7.88. The number of hydrogen-bond donors (Lipinski definition) is 1. The molecule has 2 rings (SSSR count). The molecule has 1 aliphatic rings. The zero-order chi connectivity index (χ0) is 17.7. The summed E-state index contributed by atoms with van der Waals surface area (Å²) in [6.45, 7) is 3.07. The van der Waals surface area contributed by atoms with Gasteiger partial charge in [-0.3, -0.25) is 4.79 Å². The van der Waals surface area contributed by atoms with Crippen molar-refractivity contribution in [3.05, 3.63) is 35.4 Å². The molecular weight excluding hydrogens is 328 g/mol. The van der Waals surface area contributed by atoms with Gasteiger partial charge in [-0.15, -0.1) is 0 Å². The number of sulfonamides is 1. The first-order valence-electron chi connectivity index (χ1n) is 7.87. The number of ether oxygens (including phenoxy) is 1. The second kappa shape index (κ2) is 7.81. The first kappa shape index (κ1) is 18.5. The average Bonchev–Trinajstić information content (AvgIpc) is 2.52. The lowest BCUT2D eigenvalue weighted by Gasteiger charge is -2.31. The molecule has 0 atom stereocenters. The van der Waals surface area contributed by atoms with Gasteiger partial charge < -0.3 is 9.64 Å². The summed E-state index contributed by atoms with van der Waals surface area (Å²) >= 11 is 0. The predicted molar refractivity (Wildman–Crippen MR) is 94.3 cm³/mol. The predicted octanol–water partition coefficient (Wildman–Crippen LogP) is 1.56. The molecule has 0 aliphatic carbocycles. The Morgan fingerprint density at radius 2 is 2.00 bits per heavy atom. The van der Waals surface area contributed by atoms with Crippen molar-refractivity contribution in [1.82, 2.24) is 9.62 Å². The summed E-state index contributed by atoms with van der Waals surface area (Å²) in [6, 6.07) is 5.70. The van der Waals surface area contributed by atoms with Crippen molar-refractivity contribution in [2.75, 3.05) is 26.5 Å². The Morgan fingerprint density at radius 3 is 2.58 bits per heavy atom. The normalized spacial score (nSPS) is 16.5. The Hall–Kier alpha value is -1.86. The van der Waals surface area contributed by atoms with Gasteiger partial charge in [0.2, 0.25) is 15.9 Å². The van der Waals surface area contributed by atoms with Crippen LogP contribution in [0.4, 0.5) is 0 Å². The van der Waals surface area contributed by atoms with Crippen LogP contribution in [0.5, 0.6) is 5.75 Å². The van der Waals surface area contributed by atoms with E-state index >= 15 is 0 Å². The standard InChI is InChI=1S/C17H24N2O4S/c1-13-4-6-16(23-2)14(12-13)5-7-17(20)19-10-8-15(9-11-19)18-24(3,21)22/h4-7,12,15,18H,8-11H2,1-3H3. The number of amides is 1. The molecule has 1 aromatic rings. The number of rotatable bonds is 5. The van der Waals surface area contributed by atoms with Crippen LogP contribution in [0.1, 0.15) is 24.0 Å². The lowest BCUT2D eigenvalue weighted by atomic mass is 10.1. The van der Waals surface area contributed by atoms with Gasteiger partial charge >= 0.3 is 0 Å². The average molecular weight is 352 g/mol. The number of aryl methyl sites for hydroxylation is 1. The van der Waals surface area contributed by atoms with Gasteiger partial charge in [-0.1, -0.05) is 11.6 Å². The van der Waals surface area contributed by atoms with E-state index in [-0.39, 0.29) is 11.9 Å². The smallest absolute Gasteiger partial charge is 0.246 e. The molecule has 1 aliphatic heterocycles. The summed E-state index contributed by atoms with van der Waals surface area (Å²) in [7, 11) is -1.60. The Bertz CT molecular complexity index is 720. The molecular formula is C17H24N2O4S. The van der Waals surface area contributed by atoms with Crippen molar-refractivity contribution in [3.63, 3.8) is 0 Å². The van der Waals surface area contributed by atoms with Crippen molar-refractivity contribution in [1.29, 1.82) is 0 Å². The van der Waals surface area contributed by atoms with Crippen molar-refractivity contribution in [2.45, 2.75) is 25.8 Å². The Kier molecular flexibility index (Phi) is 6.01. The third-order valence-corrected chi connectivity index (χ3v) is 4.74. The van der Waals surface area contributed by atoms with E-state index in [1.165, 1.54) is 0 Å². The van der Waals surface area contributed by atoms with Crippen LogP contribution in [-0.4, -0.2) is 51.7 Å². The number of methoxy groups -OCH3 is 1. The number of nitrogens with one attached hydrogen (secondary N) is 1. The fourth-order valence-electron chi connectivity index (χ4n) is 2.77. The molecule has 0 spiro atoms. The van der Waals surface area contributed by atoms with Crippen LogP contribution >= 0.6 is 0 Å². The maximum absolute atomic E-state index is 12.3. The third-order valence-electron chi connectivity index (χ3n) is 3.98. The SMILES string of the molecule is COc1ccc(C)cc1C=CC(=O)N1CCC(NS(C)(=O)=O)CC1. The Labute approximate surface area is 143 Å². The van der Waals surface area contributed by atoms with Crippen LogP contribution in [-0.2, 0) is 14.8 Å². The molecule has 1 heterocycles. The molecule has 0 aromatic heterocycles. The summed E-state index contributed by atoms with van der Waals surface area (Å²) in [5.41, 5.74) is 1.95. The molecule has 132 valence electrons. The molecule has 0 bridgehead atoms. The maximum atomic E-state index is 12.3. The van der Waals surface area contributed by atoms with E-state index in [1.807, 2.05) is 25.1 Å². The Balaban J connectivity index is 1.95. The number of carbonyl (C=O) groups is 1. The quantitative estimate of drug-likeness (QED) is 0.816. The van der Waals surface area contributed by atoms with Crippen LogP contribution in [0, 0.1) is 6.92 Å². The minimum Gasteiger partial charge on any atom is -0.496 e. The highest BCUT2D eigenvalue weighted by Crippen LogP contribution is 2.21. The van der Waals surface area contributed by atoms with Gasteiger partial charge in [-0.2, -0.15) is 0 Å². The molecule has 0 unspecified atom stereocenters. The van der Waals surface area contributed by atoms with E-state index in [2.05, 4.69) is 4.72 Å². The van der Waals surface area contributed by atoms with Crippen LogP contribution in [0.15, 0.2) is 24.3 Å². The van der Waals surface area contributed by atoms with Crippen LogP contribution < -0.4 is 9.46 Å². The van der Waals surface area contributed by atoms with Crippen molar-refractivity contribution in [3.8, 4) is 5.75 Å². The molecule has 1 N–H and O–H groups in total.